The zero-order chi connectivity index (χ0) is 12.3. The van der Waals surface area contributed by atoms with E-state index in [0.29, 0.717) is 17.3 Å². The third kappa shape index (κ3) is 2.99. The van der Waals surface area contributed by atoms with Crippen molar-refractivity contribution in [2.24, 2.45) is 12.8 Å². The molecule has 0 bridgehead atoms. The van der Waals surface area contributed by atoms with Crippen LogP contribution in [0.25, 0.3) is 0 Å². The Hall–Kier alpha value is -1.52. The summed E-state index contributed by atoms with van der Waals surface area (Å²) in [5, 5.41) is 4.69. The van der Waals surface area contributed by atoms with E-state index in [1.807, 2.05) is 19.2 Å². The first kappa shape index (κ1) is 12.0. The molecule has 0 fully saturated rings. The second kappa shape index (κ2) is 5.21. The van der Waals surface area contributed by atoms with E-state index >= 15 is 0 Å². The average Bonchev–Trinajstić information content (AvgIpc) is 2.68. The van der Waals surface area contributed by atoms with Gasteiger partial charge in [-0.1, -0.05) is 17.7 Å². The Morgan fingerprint density at radius 1 is 1.47 bits per heavy atom. The number of hydrogen-bond acceptors (Lipinski definition) is 3. The molecule has 5 heteroatoms. The van der Waals surface area contributed by atoms with Gasteiger partial charge in [0.25, 0.3) is 0 Å². The van der Waals surface area contributed by atoms with Gasteiger partial charge in [-0.25, -0.2) is 0 Å². The highest BCUT2D eigenvalue weighted by Gasteiger charge is 2.06. The molecule has 0 saturated heterocycles. The number of hydrogen-bond donors (Lipinski definition) is 1. The molecule has 0 saturated carbocycles. The van der Waals surface area contributed by atoms with Crippen molar-refractivity contribution >= 4 is 11.6 Å². The van der Waals surface area contributed by atoms with Crippen LogP contribution in [0, 0.1) is 0 Å². The molecular weight excluding hydrogens is 238 g/mol. The second-order valence-corrected chi connectivity index (χ2v) is 4.18. The smallest absolute Gasteiger partial charge is 0.165 e. The Morgan fingerprint density at radius 3 is 2.94 bits per heavy atom. The molecule has 1 aromatic carbocycles. The van der Waals surface area contributed by atoms with Gasteiger partial charge in [0.1, 0.15) is 5.75 Å². The first-order valence-electron chi connectivity index (χ1n) is 5.34. The summed E-state index contributed by atoms with van der Waals surface area (Å²) >= 11 is 5.96. The summed E-state index contributed by atoms with van der Waals surface area (Å²) in [6.07, 6.45) is 4.22. The molecule has 1 aromatic heterocycles. The lowest BCUT2D eigenvalue weighted by atomic mass is 10.1. The van der Waals surface area contributed by atoms with Gasteiger partial charge >= 0.3 is 0 Å². The minimum atomic E-state index is 0.574. The highest BCUT2D eigenvalue weighted by molar-refractivity contribution is 6.30. The fourth-order valence-electron chi connectivity index (χ4n) is 1.56. The lowest BCUT2D eigenvalue weighted by Crippen LogP contribution is -2.03. The van der Waals surface area contributed by atoms with Crippen molar-refractivity contribution in [3.05, 3.63) is 41.2 Å². The maximum Gasteiger partial charge on any atom is 0.165 e. The van der Waals surface area contributed by atoms with Crippen molar-refractivity contribution in [3.63, 3.8) is 0 Å². The van der Waals surface area contributed by atoms with E-state index in [0.717, 1.165) is 17.7 Å². The zero-order valence-corrected chi connectivity index (χ0v) is 10.3. The summed E-state index contributed by atoms with van der Waals surface area (Å²) < 4.78 is 7.42. The van der Waals surface area contributed by atoms with Crippen molar-refractivity contribution in [1.29, 1.82) is 0 Å². The summed E-state index contributed by atoms with van der Waals surface area (Å²) in [7, 11) is 1.84. The maximum atomic E-state index is 5.96. The van der Waals surface area contributed by atoms with Gasteiger partial charge < -0.3 is 10.5 Å². The summed E-state index contributed by atoms with van der Waals surface area (Å²) in [4.78, 5) is 0. The fourth-order valence-corrected chi connectivity index (χ4v) is 1.73. The van der Waals surface area contributed by atoms with Gasteiger partial charge in [0.15, 0.2) is 5.75 Å². The molecule has 4 nitrogen and oxygen atoms in total. The number of ether oxygens (including phenoxy) is 1. The number of halogens is 1. The second-order valence-electron chi connectivity index (χ2n) is 3.74. The molecule has 0 unspecified atom stereocenters. The van der Waals surface area contributed by atoms with Crippen molar-refractivity contribution in [1.82, 2.24) is 9.78 Å². The van der Waals surface area contributed by atoms with Crippen LogP contribution in [0.1, 0.15) is 5.56 Å². The molecule has 2 aromatic rings. The first-order valence-corrected chi connectivity index (χ1v) is 5.72. The molecule has 90 valence electrons. The lowest BCUT2D eigenvalue weighted by Gasteiger charge is -2.09. The Balaban J connectivity index is 2.26. The number of aryl methyl sites for hydroxylation is 1. The van der Waals surface area contributed by atoms with Crippen LogP contribution in [0.2, 0.25) is 5.02 Å². The Bertz CT molecular complexity index is 510. The van der Waals surface area contributed by atoms with Crippen LogP contribution >= 0.6 is 11.6 Å². The summed E-state index contributed by atoms with van der Waals surface area (Å²) in [5.74, 6) is 1.42. The zero-order valence-electron chi connectivity index (χ0n) is 9.56. The monoisotopic (exact) mass is 251 g/mol. The van der Waals surface area contributed by atoms with Crippen molar-refractivity contribution in [3.8, 4) is 11.5 Å². The minimum absolute atomic E-state index is 0.574. The van der Waals surface area contributed by atoms with E-state index in [4.69, 9.17) is 22.1 Å². The standard InChI is InChI=1S/C12H14ClN3O/c1-16-8-11(7-15-16)17-12-6-10(13)3-2-9(12)4-5-14/h2-3,6-8H,4-5,14H2,1H3. The van der Waals surface area contributed by atoms with Gasteiger partial charge in [0, 0.05) is 12.1 Å². The molecule has 2 N–H and O–H groups in total. The molecular formula is C12H14ClN3O. The van der Waals surface area contributed by atoms with Gasteiger partial charge in [-0.3, -0.25) is 4.68 Å². The summed E-state index contributed by atoms with van der Waals surface area (Å²) in [6.45, 7) is 0.574. The fraction of sp³-hybridized carbons (Fsp3) is 0.250. The molecule has 0 aliphatic heterocycles. The summed E-state index contributed by atoms with van der Waals surface area (Å²) in [6, 6.07) is 5.56. The molecule has 0 spiro atoms. The van der Waals surface area contributed by atoms with Gasteiger partial charge in [-0.05, 0) is 30.7 Å². The number of rotatable bonds is 4. The normalized spacial score (nSPS) is 10.5. The Kier molecular flexibility index (Phi) is 3.66. The van der Waals surface area contributed by atoms with Crippen molar-refractivity contribution < 1.29 is 4.74 Å². The number of nitrogens with zero attached hydrogens (tertiary/aromatic N) is 2. The maximum absolute atomic E-state index is 5.96. The third-order valence-electron chi connectivity index (χ3n) is 2.35. The molecule has 1 heterocycles. The van der Waals surface area contributed by atoms with Crippen LogP contribution < -0.4 is 10.5 Å². The number of benzene rings is 1. The van der Waals surface area contributed by atoms with Crippen molar-refractivity contribution in [2.45, 2.75) is 6.42 Å². The van der Waals surface area contributed by atoms with Gasteiger partial charge in [0.05, 0.1) is 12.4 Å². The highest BCUT2D eigenvalue weighted by atomic mass is 35.5. The Labute approximate surface area is 105 Å². The first-order chi connectivity index (χ1) is 8.19. The quantitative estimate of drug-likeness (QED) is 0.908. The molecule has 2 rings (SSSR count). The molecule has 0 radical (unpaired) electrons. The van der Waals surface area contributed by atoms with E-state index in [9.17, 15) is 0 Å². The van der Waals surface area contributed by atoms with E-state index in [1.165, 1.54) is 0 Å². The summed E-state index contributed by atoms with van der Waals surface area (Å²) in [5.41, 5.74) is 6.60. The minimum Gasteiger partial charge on any atom is -0.454 e. The predicted molar refractivity (Wildman–Crippen MR) is 67.5 cm³/mol. The van der Waals surface area contributed by atoms with Gasteiger partial charge in [0.2, 0.25) is 0 Å². The van der Waals surface area contributed by atoms with Crippen LogP contribution in [-0.4, -0.2) is 16.3 Å². The van der Waals surface area contributed by atoms with Crippen LogP contribution in [0.15, 0.2) is 30.6 Å². The highest BCUT2D eigenvalue weighted by Crippen LogP contribution is 2.28. The van der Waals surface area contributed by atoms with E-state index < -0.39 is 0 Å². The largest absolute Gasteiger partial charge is 0.454 e. The molecule has 0 atom stereocenters. The number of nitrogens with two attached hydrogens (primary N) is 1. The Morgan fingerprint density at radius 2 is 2.29 bits per heavy atom. The van der Waals surface area contributed by atoms with E-state index in [-0.39, 0.29) is 0 Å². The van der Waals surface area contributed by atoms with Gasteiger partial charge in [-0.15, -0.1) is 0 Å². The predicted octanol–water partition coefficient (Wildman–Crippen LogP) is 2.37. The van der Waals surface area contributed by atoms with Gasteiger partial charge in [-0.2, -0.15) is 5.10 Å². The molecule has 0 amide bonds. The molecule has 0 aliphatic rings. The van der Waals surface area contributed by atoms with E-state index in [2.05, 4.69) is 5.10 Å². The SMILES string of the molecule is Cn1cc(Oc2cc(Cl)ccc2CCN)cn1. The van der Waals surface area contributed by atoms with Crippen molar-refractivity contribution in [2.75, 3.05) is 6.54 Å². The number of aromatic nitrogens is 2. The molecule has 17 heavy (non-hydrogen) atoms. The van der Waals surface area contributed by atoms with Crippen LogP contribution in [0.4, 0.5) is 0 Å². The van der Waals surface area contributed by atoms with Crippen LogP contribution in [0.3, 0.4) is 0 Å². The lowest BCUT2D eigenvalue weighted by molar-refractivity contribution is 0.475. The van der Waals surface area contributed by atoms with Crippen LogP contribution in [0.5, 0.6) is 11.5 Å². The average molecular weight is 252 g/mol. The topological polar surface area (TPSA) is 53.1 Å². The third-order valence-corrected chi connectivity index (χ3v) is 2.59. The molecule has 0 aliphatic carbocycles. The van der Waals surface area contributed by atoms with E-state index in [1.54, 1.807) is 23.1 Å². The van der Waals surface area contributed by atoms with Crippen LogP contribution in [-0.2, 0) is 13.5 Å².